The van der Waals surface area contributed by atoms with E-state index in [4.69, 9.17) is 9.90 Å². The standard InChI is InChI=1S/3C26H26N4O5S2.C2H4O2/c3*31-23(13-16-30-24(32)20-7-3-4-8-21(20)25(30)33)28-26-27-22(17-36-26)18-9-11-19(12-10-18)37(34,35)29-14-5-1-2-6-15-29;1-2(3)4/h3*3-4,7-12,17H,1-2,5-6,13-16H2,(H,27,28,31);1H3,(H,3,4). The Morgan fingerprint density at radius 2 is 0.539 bits per heavy atom. The molecule has 3 aromatic heterocycles. The number of carbonyl (C=O) groups is 10. The first-order valence-corrected chi connectivity index (χ1v) is 44.4. The minimum absolute atomic E-state index is 0.0244. The fourth-order valence-electron chi connectivity index (χ4n) is 13.6. The first-order chi connectivity index (χ1) is 55.3. The van der Waals surface area contributed by atoms with Gasteiger partial charge in [0.25, 0.3) is 41.4 Å². The highest BCUT2D eigenvalue weighted by Crippen LogP contribution is 2.34. The van der Waals surface area contributed by atoms with Crippen molar-refractivity contribution < 1.29 is 78.3 Å². The van der Waals surface area contributed by atoms with Crippen molar-refractivity contribution in [3.8, 4) is 33.8 Å². The van der Waals surface area contributed by atoms with Gasteiger partial charge in [-0.2, -0.15) is 12.9 Å². The van der Waals surface area contributed by atoms with Crippen LogP contribution in [0.15, 0.2) is 176 Å². The Morgan fingerprint density at radius 3 is 0.739 bits per heavy atom. The lowest BCUT2D eigenvalue weighted by molar-refractivity contribution is -0.134. The Labute approximate surface area is 676 Å². The molecule has 15 rings (SSSR count). The topological polar surface area (TPSA) is 388 Å². The number of imide groups is 3. The lowest BCUT2D eigenvalue weighted by Crippen LogP contribution is -2.32. The third-order valence-electron chi connectivity index (χ3n) is 19.6. The summed E-state index contributed by atoms with van der Waals surface area (Å²) in [7, 11) is -10.6. The van der Waals surface area contributed by atoms with E-state index in [0.29, 0.717) is 105 Å². The molecule has 9 aromatic rings. The monoisotopic (exact) mass is 1670 g/mol. The SMILES string of the molecule is CC(=O)O.O=C(CCN1C(=O)c2ccccc2C1=O)Nc1nc(-c2ccc(S(=O)(=O)N3CCCCCC3)cc2)cs1.O=C(CCN1C(=O)c2ccccc2C1=O)Nc1nc(-c2ccc(S(=O)(=O)N3CCCCCC3)cc2)cs1.O=C(CCN1C(=O)c2ccccc2C1=O)Nc1nc(-c2ccc(S(=O)(=O)N3CCCCCC3)cc2)cs1. The largest absolute Gasteiger partial charge is 0.481 e. The smallest absolute Gasteiger partial charge is 0.300 e. The molecule has 6 aliphatic rings. The number of anilines is 3. The zero-order valence-electron chi connectivity index (χ0n) is 62.5. The maximum atomic E-state index is 13.0. The van der Waals surface area contributed by atoms with E-state index < -0.39 is 71.5 Å². The molecule has 0 spiro atoms. The molecule has 0 bridgehead atoms. The maximum Gasteiger partial charge on any atom is 0.300 e. The van der Waals surface area contributed by atoms with Crippen LogP contribution in [0.5, 0.6) is 0 Å². The van der Waals surface area contributed by atoms with Gasteiger partial charge < -0.3 is 21.1 Å². The first-order valence-electron chi connectivity index (χ1n) is 37.4. The van der Waals surface area contributed by atoms with Crippen molar-refractivity contribution in [1.82, 2.24) is 42.6 Å². The predicted octanol–water partition coefficient (Wildman–Crippen LogP) is 12.1. The highest BCUT2D eigenvalue weighted by atomic mass is 32.2. The van der Waals surface area contributed by atoms with E-state index in [9.17, 15) is 68.4 Å². The fraction of sp³-hybridized carbons (Fsp3) is 0.312. The van der Waals surface area contributed by atoms with Gasteiger partial charge in [0.15, 0.2) is 15.4 Å². The number of hydrogen-bond acceptors (Lipinski definition) is 22. The number of benzene rings is 6. The summed E-state index contributed by atoms with van der Waals surface area (Å²) in [6, 6.07) is 39.6. The Balaban J connectivity index is 0.000000155. The van der Waals surface area contributed by atoms with Gasteiger partial charge in [0.1, 0.15) is 0 Å². The molecule has 9 amide bonds. The molecule has 4 N–H and O–H groups in total. The van der Waals surface area contributed by atoms with Gasteiger partial charge >= 0.3 is 0 Å². The molecule has 0 unspecified atom stereocenters. The van der Waals surface area contributed by atoms with Crippen LogP contribution in [0.1, 0.15) is 165 Å². The molecule has 600 valence electrons. The van der Waals surface area contributed by atoms with Crippen molar-refractivity contribution in [2.24, 2.45) is 0 Å². The summed E-state index contributed by atoms with van der Waals surface area (Å²) in [6.07, 6.45) is 11.4. The molecule has 115 heavy (non-hydrogen) atoms. The zero-order chi connectivity index (χ0) is 81.6. The van der Waals surface area contributed by atoms with Gasteiger partial charge in [-0.25, -0.2) is 40.2 Å². The number of nitrogens with zero attached hydrogens (tertiary/aromatic N) is 9. The van der Waals surface area contributed by atoms with Crippen LogP contribution in [0.3, 0.4) is 0 Å². The Bertz CT molecular complexity index is 4860. The van der Waals surface area contributed by atoms with Gasteiger partial charge in [-0.15, -0.1) is 34.0 Å². The van der Waals surface area contributed by atoms with Crippen LogP contribution in [0.2, 0.25) is 0 Å². The number of thiazole rings is 3. The average molecular weight is 1680 g/mol. The maximum absolute atomic E-state index is 13.0. The van der Waals surface area contributed by atoms with Gasteiger partial charge in [0, 0.05) is 118 Å². The first kappa shape index (κ1) is 83.7. The second-order valence-corrected chi connectivity index (χ2v) is 35.9. The molecule has 3 saturated heterocycles. The third kappa shape index (κ3) is 20.1. The molecule has 29 nitrogen and oxygen atoms in total. The van der Waals surface area contributed by atoms with E-state index in [1.165, 1.54) is 34.0 Å². The van der Waals surface area contributed by atoms with Crippen LogP contribution in [-0.4, -0.2) is 191 Å². The summed E-state index contributed by atoms with van der Waals surface area (Å²) in [5, 5.41) is 22.0. The predicted molar refractivity (Wildman–Crippen MR) is 433 cm³/mol. The molecular weight excluding hydrogens is 1590 g/mol. The van der Waals surface area contributed by atoms with Gasteiger partial charge in [-0.05, 0) is 111 Å². The molecule has 6 aromatic carbocycles. The molecule has 0 radical (unpaired) electrons. The van der Waals surface area contributed by atoms with Crippen molar-refractivity contribution in [1.29, 1.82) is 0 Å². The van der Waals surface area contributed by atoms with Crippen molar-refractivity contribution in [3.05, 3.63) is 195 Å². The Kier molecular flexibility index (Phi) is 27.4. The summed E-state index contributed by atoms with van der Waals surface area (Å²) in [4.78, 5) is 138. The van der Waals surface area contributed by atoms with Crippen molar-refractivity contribution >= 4 is 139 Å². The van der Waals surface area contributed by atoms with Gasteiger partial charge in [0.2, 0.25) is 47.8 Å². The highest BCUT2D eigenvalue weighted by molar-refractivity contribution is 7.89. The Hall–Kier alpha value is -10.8. The van der Waals surface area contributed by atoms with Crippen LogP contribution in [0, 0.1) is 0 Å². The number of nitrogens with one attached hydrogen (secondary N) is 3. The number of sulfonamides is 3. The van der Waals surface area contributed by atoms with Crippen molar-refractivity contribution in [2.45, 2.75) is 118 Å². The number of fused-ring (bicyclic) bond motifs is 3. The molecule has 0 atom stereocenters. The summed E-state index contributed by atoms with van der Waals surface area (Å²) in [5.74, 6) is -4.31. The quantitative estimate of drug-likeness (QED) is 0.0485. The van der Waals surface area contributed by atoms with Crippen LogP contribution in [0.4, 0.5) is 15.4 Å². The van der Waals surface area contributed by atoms with Gasteiger partial charge in [-0.3, -0.25) is 62.6 Å². The second-order valence-electron chi connectivity index (χ2n) is 27.5. The molecule has 9 heterocycles. The Morgan fingerprint density at radius 1 is 0.339 bits per heavy atom. The summed E-state index contributed by atoms with van der Waals surface area (Å²) >= 11 is 3.72. The number of hydrogen-bond donors (Lipinski definition) is 4. The van der Waals surface area contributed by atoms with Crippen molar-refractivity contribution in [3.63, 3.8) is 0 Å². The second kappa shape index (κ2) is 37.7. The average Bonchev–Trinajstić information content (AvgIpc) is 1.65. The highest BCUT2D eigenvalue weighted by Gasteiger charge is 2.39. The molecule has 3 fully saturated rings. The fourth-order valence-corrected chi connectivity index (χ4v) is 20.3. The van der Waals surface area contributed by atoms with E-state index in [2.05, 4.69) is 30.9 Å². The minimum atomic E-state index is -3.53. The van der Waals surface area contributed by atoms with E-state index in [-0.39, 0.29) is 71.3 Å². The van der Waals surface area contributed by atoms with E-state index >= 15 is 0 Å². The number of aliphatic carboxylic acids is 1. The lowest BCUT2D eigenvalue weighted by Gasteiger charge is -2.19. The molecule has 6 aliphatic heterocycles. The number of carboxylic acids is 1. The molecule has 35 heteroatoms. The third-order valence-corrected chi connectivity index (χ3v) is 27.6. The summed E-state index contributed by atoms with van der Waals surface area (Å²) in [6.45, 7) is 4.30. The zero-order valence-corrected chi connectivity index (χ0v) is 67.4. The van der Waals surface area contributed by atoms with Crippen LogP contribution in [0.25, 0.3) is 33.8 Å². The van der Waals surface area contributed by atoms with Gasteiger partial charge in [-0.1, -0.05) is 111 Å². The van der Waals surface area contributed by atoms with E-state index in [0.717, 1.165) is 115 Å². The summed E-state index contributed by atoms with van der Waals surface area (Å²) in [5.41, 5.74) is 6.13. The normalized spacial score (nSPS) is 16.1. The van der Waals surface area contributed by atoms with Crippen LogP contribution in [-0.2, 0) is 49.2 Å². The van der Waals surface area contributed by atoms with Crippen molar-refractivity contribution in [2.75, 3.05) is 74.9 Å². The van der Waals surface area contributed by atoms with Gasteiger partial charge in [0.05, 0.1) is 65.1 Å². The minimum Gasteiger partial charge on any atom is -0.481 e. The number of carboxylic acid groups (broad SMARTS) is 1. The van der Waals surface area contributed by atoms with Crippen LogP contribution >= 0.6 is 34.0 Å². The summed E-state index contributed by atoms with van der Waals surface area (Å²) < 4.78 is 82.7. The lowest BCUT2D eigenvalue weighted by atomic mass is 10.1. The van der Waals surface area contributed by atoms with E-state index in [1.807, 2.05) is 0 Å². The number of carbonyl (C=O) groups excluding carboxylic acids is 9. The molecular formula is C80H82N12O17S6. The number of aromatic nitrogens is 3. The molecule has 0 saturated carbocycles. The molecule has 0 aliphatic carbocycles. The number of rotatable bonds is 21. The van der Waals surface area contributed by atoms with Crippen LogP contribution < -0.4 is 16.0 Å². The number of amides is 9. The van der Waals surface area contributed by atoms with E-state index in [1.54, 1.807) is 175 Å².